The Morgan fingerprint density at radius 3 is 2.26 bits per heavy atom. The number of hydrogen-bond donors (Lipinski definition) is 1. The number of rotatable bonds is 7. The van der Waals surface area contributed by atoms with E-state index in [1.165, 1.54) is 22.3 Å². The van der Waals surface area contributed by atoms with E-state index in [4.69, 9.17) is 0 Å². The van der Waals surface area contributed by atoms with Gasteiger partial charge in [-0.2, -0.15) is 0 Å². The predicted molar refractivity (Wildman–Crippen MR) is 145 cm³/mol. The summed E-state index contributed by atoms with van der Waals surface area (Å²) in [5.74, 6) is 0.252. The highest BCUT2D eigenvalue weighted by Gasteiger charge is 2.25. The standard InChI is InChI=1S/C30H34BrN3O/c31-29-13-11-25(12-14-29)19-33-16-3-6-28(22-33)30(35)32-18-23-7-9-24(10-8-23)20-34-17-15-26-4-1-2-5-27(26)21-34/h1-2,4-5,7-14,28H,3,6,15-22H2,(H,32,35). The molecule has 4 nitrogen and oxygen atoms in total. The molecule has 2 aliphatic rings. The number of fused-ring (bicyclic) bond motifs is 1. The minimum atomic E-state index is 0.0699. The summed E-state index contributed by atoms with van der Waals surface area (Å²) < 4.78 is 1.10. The van der Waals surface area contributed by atoms with E-state index in [0.29, 0.717) is 6.54 Å². The molecular formula is C30H34BrN3O. The number of carbonyl (C=O) groups excluding carboxylic acids is 1. The Labute approximate surface area is 217 Å². The van der Waals surface area contributed by atoms with Crippen LogP contribution in [0.4, 0.5) is 0 Å². The summed E-state index contributed by atoms with van der Waals surface area (Å²) in [7, 11) is 0. The molecule has 0 aromatic heterocycles. The maximum Gasteiger partial charge on any atom is 0.224 e. The van der Waals surface area contributed by atoms with Gasteiger partial charge in [0, 0.05) is 43.7 Å². The summed E-state index contributed by atoms with van der Waals surface area (Å²) in [5, 5.41) is 3.19. The Balaban J connectivity index is 1.08. The van der Waals surface area contributed by atoms with Crippen LogP contribution in [0.5, 0.6) is 0 Å². The van der Waals surface area contributed by atoms with Gasteiger partial charge in [-0.15, -0.1) is 0 Å². The summed E-state index contributed by atoms with van der Waals surface area (Å²) >= 11 is 3.50. The number of benzene rings is 3. The second kappa shape index (κ2) is 11.5. The molecule has 0 saturated carbocycles. The Morgan fingerprint density at radius 2 is 1.49 bits per heavy atom. The van der Waals surface area contributed by atoms with Gasteiger partial charge in [0.15, 0.2) is 0 Å². The second-order valence-electron chi connectivity index (χ2n) is 9.96. The first-order chi connectivity index (χ1) is 17.1. The largest absolute Gasteiger partial charge is 0.352 e. The summed E-state index contributed by atoms with van der Waals surface area (Å²) in [4.78, 5) is 17.8. The van der Waals surface area contributed by atoms with Crippen LogP contribution < -0.4 is 5.32 Å². The topological polar surface area (TPSA) is 35.6 Å². The van der Waals surface area contributed by atoms with Crippen LogP contribution in [0.25, 0.3) is 0 Å². The number of carbonyl (C=O) groups is 1. The van der Waals surface area contributed by atoms with Gasteiger partial charge in [0.05, 0.1) is 5.92 Å². The lowest BCUT2D eigenvalue weighted by molar-refractivity contribution is -0.126. The Kier molecular flexibility index (Phi) is 7.97. The van der Waals surface area contributed by atoms with Gasteiger partial charge in [0.2, 0.25) is 5.91 Å². The fraction of sp³-hybridized carbons (Fsp3) is 0.367. The molecule has 1 atom stereocenters. The lowest BCUT2D eigenvalue weighted by Gasteiger charge is -2.32. The van der Waals surface area contributed by atoms with Crippen molar-refractivity contribution in [2.24, 2.45) is 5.92 Å². The zero-order valence-corrected chi connectivity index (χ0v) is 21.8. The first-order valence-electron chi connectivity index (χ1n) is 12.7. The molecular weight excluding hydrogens is 498 g/mol. The molecule has 5 rings (SSSR count). The molecule has 0 radical (unpaired) electrons. The predicted octanol–water partition coefficient (Wildman–Crippen LogP) is 5.54. The van der Waals surface area contributed by atoms with Crippen LogP contribution in [0.3, 0.4) is 0 Å². The van der Waals surface area contributed by atoms with Gasteiger partial charge in [0.1, 0.15) is 0 Å². The van der Waals surface area contributed by atoms with Crippen LogP contribution in [0, 0.1) is 5.92 Å². The zero-order valence-electron chi connectivity index (χ0n) is 20.3. The summed E-state index contributed by atoms with van der Waals surface area (Å²) in [6.45, 7) is 6.49. The fourth-order valence-electron chi connectivity index (χ4n) is 5.30. The van der Waals surface area contributed by atoms with Crippen molar-refractivity contribution >= 4 is 21.8 Å². The van der Waals surface area contributed by atoms with Gasteiger partial charge in [-0.05, 0) is 65.8 Å². The number of amides is 1. The van der Waals surface area contributed by atoms with Gasteiger partial charge in [-0.25, -0.2) is 0 Å². The van der Waals surface area contributed by atoms with Crippen molar-refractivity contribution in [1.82, 2.24) is 15.1 Å². The molecule has 1 saturated heterocycles. The third-order valence-corrected chi connectivity index (χ3v) is 7.83. The van der Waals surface area contributed by atoms with Crippen molar-refractivity contribution in [2.45, 2.75) is 45.4 Å². The van der Waals surface area contributed by atoms with Crippen molar-refractivity contribution in [2.75, 3.05) is 19.6 Å². The fourth-order valence-corrected chi connectivity index (χ4v) is 5.57. The van der Waals surface area contributed by atoms with Crippen LogP contribution in [-0.2, 0) is 37.4 Å². The number of hydrogen-bond acceptors (Lipinski definition) is 3. The Morgan fingerprint density at radius 1 is 0.829 bits per heavy atom. The van der Waals surface area contributed by atoms with Gasteiger partial charge in [0.25, 0.3) is 0 Å². The highest BCUT2D eigenvalue weighted by atomic mass is 79.9. The molecule has 35 heavy (non-hydrogen) atoms. The molecule has 1 fully saturated rings. The molecule has 1 N–H and O–H groups in total. The summed E-state index contributed by atoms with van der Waals surface area (Å²) in [5.41, 5.74) is 6.73. The lowest BCUT2D eigenvalue weighted by Crippen LogP contribution is -2.42. The van der Waals surface area contributed by atoms with E-state index in [0.717, 1.165) is 68.6 Å². The summed E-state index contributed by atoms with van der Waals surface area (Å²) in [6.07, 6.45) is 3.17. The third kappa shape index (κ3) is 6.60. The maximum atomic E-state index is 12.9. The molecule has 0 bridgehead atoms. The van der Waals surface area contributed by atoms with E-state index < -0.39 is 0 Å². The van der Waals surface area contributed by atoms with E-state index in [2.05, 4.69) is 104 Å². The van der Waals surface area contributed by atoms with Crippen LogP contribution in [-0.4, -0.2) is 35.3 Å². The van der Waals surface area contributed by atoms with Crippen molar-refractivity contribution in [3.05, 3.63) is 105 Å². The molecule has 3 aromatic carbocycles. The molecule has 1 unspecified atom stereocenters. The lowest BCUT2D eigenvalue weighted by atomic mass is 9.96. The quantitative estimate of drug-likeness (QED) is 0.435. The molecule has 182 valence electrons. The van der Waals surface area contributed by atoms with Crippen LogP contribution in [0.15, 0.2) is 77.3 Å². The Hall–Kier alpha value is -2.47. The first-order valence-corrected chi connectivity index (χ1v) is 13.5. The second-order valence-corrected chi connectivity index (χ2v) is 10.9. The first kappa shape index (κ1) is 24.2. The molecule has 3 aromatic rings. The van der Waals surface area contributed by atoms with E-state index in [1.807, 2.05) is 0 Å². The van der Waals surface area contributed by atoms with Crippen LogP contribution in [0.2, 0.25) is 0 Å². The normalized spacial score (nSPS) is 18.7. The number of nitrogens with one attached hydrogen (secondary N) is 1. The number of halogens is 1. The third-order valence-electron chi connectivity index (χ3n) is 7.30. The minimum absolute atomic E-state index is 0.0699. The number of nitrogens with zero attached hydrogens (tertiary/aromatic N) is 2. The zero-order chi connectivity index (χ0) is 24.0. The van der Waals surface area contributed by atoms with E-state index in [1.54, 1.807) is 0 Å². The van der Waals surface area contributed by atoms with Gasteiger partial charge < -0.3 is 5.32 Å². The van der Waals surface area contributed by atoms with Gasteiger partial charge in [-0.3, -0.25) is 14.6 Å². The molecule has 2 aliphatic heterocycles. The molecule has 0 spiro atoms. The van der Waals surface area contributed by atoms with Crippen LogP contribution in [0.1, 0.15) is 40.7 Å². The van der Waals surface area contributed by atoms with Crippen molar-refractivity contribution < 1.29 is 4.79 Å². The van der Waals surface area contributed by atoms with Gasteiger partial charge >= 0.3 is 0 Å². The highest BCUT2D eigenvalue weighted by Crippen LogP contribution is 2.22. The van der Waals surface area contributed by atoms with Crippen molar-refractivity contribution in [3.8, 4) is 0 Å². The number of likely N-dealkylation sites (tertiary alicyclic amines) is 1. The highest BCUT2D eigenvalue weighted by molar-refractivity contribution is 9.10. The van der Waals surface area contributed by atoms with Gasteiger partial charge in [-0.1, -0.05) is 76.6 Å². The molecule has 5 heteroatoms. The molecule has 0 aliphatic carbocycles. The van der Waals surface area contributed by atoms with E-state index in [-0.39, 0.29) is 11.8 Å². The van der Waals surface area contributed by atoms with Crippen molar-refractivity contribution in [1.29, 1.82) is 0 Å². The minimum Gasteiger partial charge on any atom is -0.352 e. The smallest absolute Gasteiger partial charge is 0.224 e. The monoisotopic (exact) mass is 531 g/mol. The SMILES string of the molecule is O=C(NCc1ccc(CN2CCc3ccccc3C2)cc1)C1CCCN(Cc2ccc(Br)cc2)C1. The van der Waals surface area contributed by atoms with Crippen LogP contribution >= 0.6 is 15.9 Å². The van der Waals surface area contributed by atoms with E-state index >= 15 is 0 Å². The summed E-state index contributed by atoms with van der Waals surface area (Å²) in [6, 6.07) is 26.0. The average molecular weight is 533 g/mol. The number of piperidine rings is 1. The average Bonchev–Trinajstić information content (AvgIpc) is 2.89. The Bertz CT molecular complexity index is 1130. The molecule has 1 amide bonds. The maximum absolute atomic E-state index is 12.9. The van der Waals surface area contributed by atoms with Crippen molar-refractivity contribution in [3.63, 3.8) is 0 Å². The van der Waals surface area contributed by atoms with E-state index in [9.17, 15) is 4.79 Å². The molecule has 2 heterocycles.